The molecule has 1 atom stereocenters. The lowest BCUT2D eigenvalue weighted by molar-refractivity contribution is 0.648. The Morgan fingerprint density at radius 2 is 0.897 bits per heavy atom. The second-order valence-electron chi connectivity index (χ2n) is 15.5. The van der Waals surface area contributed by atoms with Gasteiger partial charge in [0.2, 0.25) is 0 Å². The maximum Gasteiger partial charge on any atom is 0.140 e. The van der Waals surface area contributed by atoms with Crippen LogP contribution in [0.4, 0.5) is 0 Å². The third-order valence-electron chi connectivity index (χ3n) is 12.5. The molecule has 0 amide bonds. The highest BCUT2D eigenvalue weighted by atomic mass is 15.1. The number of fused-ring (bicyclic) bond motifs is 13. The number of hydrogen-bond donors (Lipinski definition) is 0. The van der Waals surface area contributed by atoms with E-state index in [0.29, 0.717) is 0 Å². The van der Waals surface area contributed by atoms with Gasteiger partial charge in [-0.05, 0) is 67.1 Å². The molecule has 272 valence electrons. The highest BCUT2D eigenvalue weighted by Gasteiger charge is 2.24. The van der Waals surface area contributed by atoms with Crippen LogP contribution < -0.4 is 0 Å². The molecule has 0 saturated heterocycles. The minimum atomic E-state index is 0.200. The Morgan fingerprint density at radius 3 is 1.55 bits per heavy atom. The normalized spacial score (nSPS) is 14.5. The van der Waals surface area contributed by atoms with E-state index in [1.165, 1.54) is 70.7 Å². The molecule has 12 aromatic rings. The van der Waals surface area contributed by atoms with Crippen LogP contribution in [-0.4, -0.2) is 23.3 Å². The van der Waals surface area contributed by atoms with E-state index in [1.54, 1.807) is 0 Å². The lowest BCUT2D eigenvalue weighted by Gasteiger charge is -2.19. The summed E-state index contributed by atoms with van der Waals surface area (Å²) in [4.78, 5) is 5.64. The Bertz CT molecular complexity index is 3720. The van der Waals surface area contributed by atoms with Crippen LogP contribution in [0.1, 0.15) is 12.5 Å². The van der Waals surface area contributed by atoms with Crippen molar-refractivity contribution in [3.63, 3.8) is 0 Å². The number of para-hydroxylation sites is 5. The molecular formula is C53H35N5. The second-order valence-corrected chi connectivity index (χ2v) is 15.5. The van der Waals surface area contributed by atoms with Crippen LogP contribution in [0.15, 0.2) is 194 Å². The van der Waals surface area contributed by atoms with E-state index < -0.39 is 0 Å². The van der Waals surface area contributed by atoms with Crippen molar-refractivity contribution in [1.29, 1.82) is 0 Å². The highest BCUT2D eigenvalue weighted by Crippen LogP contribution is 2.43. The zero-order valence-electron chi connectivity index (χ0n) is 31.5. The van der Waals surface area contributed by atoms with Crippen LogP contribution in [0.2, 0.25) is 0 Å². The zero-order chi connectivity index (χ0) is 37.9. The van der Waals surface area contributed by atoms with Crippen LogP contribution in [-0.2, 0) is 0 Å². The standard InChI is InChI=1S/C53H35N5/c1-3-16-34(17-4-1)55-44-24-11-9-22-38(44)42-33-49-43(32-48(42)55)39-23-10-13-26-46(39)57(49)50-28-15-29-51(54-50)58-47-27-14-8-21-37(47)41-31-30-40-36-20-7-12-25-45(36)56(52(40)53(41)58)35-18-5-2-6-19-35/h1-18,20-33,35H,19H2. The first-order valence-electron chi connectivity index (χ1n) is 20.1. The summed E-state index contributed by atoms with van der Waals surface area (Å²) in [6, 6.07) is 62.0. The van der Waals surface area contributed by atoms with Gasteiger partial charge in [0.15, 0.2) is 0 Å². The molecule has 5 aromatic heterocycles. The molecule has 5 heteroatoms. The molecule has 0 saturated carbocycles. The third kappa shape index (κ3) is 4.27. The van der Waals surface area contributed by atoms with E-state index in [1.807, 2.05) is 0 Å². The molecule has 0 spiro atoms. The molecule has 0 fully saturated rings. The fraction of sp³-hybridized carbons (Fsp3) is 0.0377. The third-order valence-corrected chi connectivity index (χ3v) is 12.5. The van der Waals surface area contributed by atoms with E-state index in [9.17, 15) is 0 Å². The Balaban J connectivity index is 1.11. The van der Waals surface area contributed by atoms with Gasteiger partial charge < -0.3 is 9.13 Å². The van der Waals surface area contributed by atoms with Gasteiger partial charge in [0.1, 0.15) is 11.6 Å². The van der Waals surface area contributed by atoms with Crippen LogP contribution in [0.25, 0.3) is 105 Å². The molecule has 13 rings (SSSR count). The molecule has 58 heavy (non-hydrogen) atoms. The molecule has 1 aliphatic carbocycles. The van der Waals surface area contributed by atoms with E-state index in [-0.39, 0.29) is 6.04 Å². The Labute approximate surface area is 333 Å². The number of hydrogen-bond acceptors (Lipinski definition) is 1. The van der Waals surface area contributed by atoms with E-state index in [0.717, 1.165) is 40.3 Å². The minimum absolute atomic E-state index is 0.200. The molecule has 0 N–H and O–H groups in total. The van der Waals surface area contributed by atoms with Gasteiger partial charge in [0.25, 0.3) is 0 Å². The minimum Gasteiger partial charge on any atom is -0.331 e. The number of allylic oxidation sites excluding steroid dienone is 4. The average Bonchev–Trinajstić information content (AvgIpc) is 4.01. The quantitative estimate of drug-likeness (QED) is 0.177. The molecular weight excluding hydrogens is 707 g/mol. The predicted molar refractivity (Wildman–Crippen MR) is 242 cm³/mol. The van der Waals surface area contributed by atoms with Gasteiger partial charge in [-0.25, -0.2) is 4.98 Å². The first-order chi connectivity index (χ1) is 28.8. The largest absolute Gasteiger partial charge is 0.331 e. The summed E-state index contributed by atoms with van der Waals surface area (Å²) in [7, 11) is 0. The van der Waals surface area contributed by atoms with Gasteiger partial charge in [-0.3, -0.25) is 9.13 Å². The number of pyridine rings is 1. The Kier molecular flexibility index (Phi) is 6.50. The van der Waals surface area contributed by atoms with Crippen molar-refractivity contribution in [3.8, 4) is 17.3 Å². The predicted octanol–water partition coefficient (Wildman–Crippen LogP) is 13.5. The maximum atomic E-state index is 5.64. The smallest absolute Gasteiger partial charge is 0.140 e. The summed E-state index contributed by atoms with van der Waals surface area (Å²) in [5.41, 5.74) is 10.6. The summed E-state index contributed by atoms with van der Waals surface area (Å²) < 4.78 is 9.74. The second kappa shape index (κ2) is 11.9. The van der Waals surface area contributed by atoms with E-state index in [4.69, 9.17) is 4.98 Å². The van der Waals surface area contributed by atoms with Gasteiger partial charge in [-0.1, -0.05) is 133 Å². The van der Waals surface area contributed by atoms with Crippen molar-refractivity contribution in [1.82, 2.24) is 23.3 Å². The van der Waals surface area contributed by atoms with E-state index >= 15 is 0 Å². The SMILES string of the molecule is C1=CCC(n2c3ccccc3c3ccc4c5ccccc5n(-c5cccc(-n6c7ccccc7c7cc8c(cc76)c6ccccc6n8-c6ccccc6)n5)c4c32)C=C1. The molecule has 0 aliphatic heterocycles. The summed E-state index contributed by atoms with van der Waals surface area (Å²) >= 11 is 0. The van der Waals surface area contributed by atoms with Crippen LogP contribution in [0.3, 0.4) is 0 Å². The van der Waals surface area contributed by atoms with Crippen LogP contribution in [0.5, 0.6) is 0 Å². The Morgan fingerprint density at radius 1 is 0.379 bits per heavy atom. The number of rotatable bonds is 4. The summed E-state index contributed by atoms with van der Waals surface area (Å²) in [6.07, 6.45) is 9.92. The van der Waals surface area contributed by atoms with Crippen molar-refractivity contribution in [2.45, 2.75) is 12.5 Å². The van der Waals surface area contributed by atoms with Crippen molar-refractivity contribution >= 4 is 87.2 Å². The van der Waals surface area contributed by atoms with E-state index in [2.05, 4.69) is 212 Å². The van der Waals surface area contributed by atoms with Gasteiger partial charge >= 0.3 is 0 Å². The van der Waals surface area contributed by atoms with Gasteiger partial charge in [0.05, 0.1) is 44.7 Å². The van der Waals surface area contributed by atoms with Gasteiger partial charge in [-0.15, -0.1) is 0 Å². The topological polar surface area (TPSA) is 32.6 Å². The van der Waals surface area contributed by atoms with Crippen molar-refractivity contribution in [2.75, 3.05) is 0 Å². The monoisotopic (exact) mass is 741 g/mol. The molecule has 7 aromatic carbocycles. The molecule has 5 heterocycles. The first-order valence-corrected chi connectivity index (χ1v) is 20.1. The lowest BCUT2D eigenvalue weighted by atomic mass is 10.1. The molecule has 5 nitrogen and oxygen atoms in total. The van der Waals surface area contributed by atoms with Crippen LogP contribution in [0, 0.1) is 0 Å². The number of benzene rings is 7. The summed E-state index contributed by atoms with van der Waals surface area (Å²) in [6.45, 7) is 0. The number of aromatic nitrogens is 5. The average molecular weight is 742 g/mol. The van der Waals surface area contributed by atoms with Crippen LogP contribution >= 0.6 is 0 Å². The van der Waals surface area contributed by atoms with Crippen molar-refractivity contribution < 1.29 is 0 Å². The fourth-order valence-electron chi connectivity index (χ4n) is 10.1. The number of nitrogens with zero attached hydrogens (tertiary/aromatic N) is 5. The van der Waals surface area contributed by atoms with Gasteiger partial charge in [0, 0.05) is 54.3 Å². The molecule has 0 bridgehead atoms. The maximum absolute atomic E-state index is 5.64. The van der Waals surface area contributed by atoms with Crippen molar-refractivity contribution in [3.05, 3.63) is 194 Å². The summed E-state index contributed by atoms with van der Waals surface area (Å²) in [5, 5.41) is 9.83. The Hall–Kier alpha value is -7.63. The zero-order valence-corrected chi connectivity index (χ0v) is 31.5. The van der Waals surface area contributed by atoms with Gasteiger partial charge in [-0.2, -0.15) is 0 Å². The highest BCUT2D eigenvalue weighted by molar-refractivity contribution is 6.23. The molecule has 1 unspecified atom stereocenters. The fourth-order valence-corrected chi connectivity index (χ4v) is 10.1. The lowest BCUT2D eigenvalue weighted by Crippen LogP contribution is -2.08. The molecule has 0 radical (unpaired) electrons. The first kappa shape index (κ1) is 31.6. The molecule has 1 aliphatic rings. The van der Waals surface area contributed by atoms with Crippen molar-refractivity contribution in [2.24, 2.45) is 0 Å². The summed E-state index contributed by atoms with van der Waals surface area (Å²) in [5.74, 6) is 1.77.